The molecule has 0 heterocycles. The highest BCUT2D eigenvalue weighted by molar-refractivity contribution is 6.76. The summed E-state index contributed by atoms with van der Waals surface area (Å²) in [5, 5.41) is 0. The normalized spacial score (nSPS) is 11.6. The molecule has 0 saturated carbocycles. The Hall–Kier alpha value is -0.0431. The van der Waals surface area contributed by atoms with Crippen molar-refractivity contribution in [3.8, 4) is 0 Å². The van der Waals surface area contributed by atoms with E-state index < -0.39 is 8.07 Å². The van der Waals surface area contributed by atoms with Crippen molar-refractivity contribution in [3.05, 3.63) is 12.7 Å². The van der Waals surface area contributed by atoms with Crippen LogP contribution in [0.2, 0.25) is 25.7 Å². The highest BCUT2D eigenvalue weighted by Gasteiger charge is 2.11. The molecule has 0 fully saturated rings. The van der Waals surface area contributed by atoms with Crippen molar-refractivity contribution in [1.29, 1.82) is 0 Å². The Bertz CT molecular complexity index is 133. The van der Waals surface area contributed by atoms with Crippen molar-refractivity contribution >= 4 is 8.07 Å². The van der Waals surface area contributed by atoms with E-state index in [2.05, 4.69) is 26.2 Å². The van der Waals surface area contributed by atoms with E-state index >= 15 is 0 Å². The van der Waals surface area contributed by atoms with Crippen molar-refractivity contribution < 1.29 is 0 Å². The van der Waals surface area contributed by atoms with Crippen molar-refractivity contribution in [2.24, 2.45) is 0 Å². The Morgan fingerprint density at radius 2 is 1.36 bits per heavy atom. The Morgan fingerprint density at radius 1 is 0.857 bits per heavy atom. The van der Waals surface area contributed by atoms with Crippen LogP contribution in [0, 0.1) is 0 Å². The van der Waals surface area contributed by atoms with E-state index in [0.29, 0.717) is 0 Å². The average Bonchev–Trinajstić information content (AvgIpc) is 2.08. The van der Waals surface area contributed by atoms with Gasteiger partial charge in [-0.25, -0.2) is 0 Å². The highest BCUT2D eigenvalue weighted by atomic mass is 28.3. The third-order valence-electron chi connectivity index (χ3n) is 2.59. The summed E-state index contributed by atoms with van der Waals surface area (Å²) in [4.78, 5) is 0. The molecule has 0 N–H and O–H groups in total. The third kappa shape index (κ3) is 12.0. The summed E-state index contributed by atoms with van der Waals surface area (Å²) in [6, 6.07) is 1.51. The second kappa shape index (κ2) is 8.28. The highest BCUT2D eigenvalue weighted by Crippen LogP contribution is 2.15. The topological polar surface area (TPSA) is 0 Å². The van der Waals surface area contributed by atoms with Gasteiger partial charge in [-0.2, -0.15) is 0 Å². The molecule has 14 heavy (non-hydrogen) atoms. The molecule has 0 bridgehead atoms. The largest absolute Gasteiger partial charge is 0.103 e. The molecular formula is C13H28Si. The lowest BCUT2D eigenvalue weighted by atomic mass is 10.1. The van der Waals surface area contributed by atoms with Crippen LogP contribution < -0.4 is 0 Å². The van der Waals surface area contributed by atoms with Gasteiger partial charge in [0.25, 0.3) is 0 Å². The molecule has 84 valence electrons. The molecule has 0 saturated heterocycles. The lowest BCUT2D eigenvalue weighted by Gasteiger charge is -2.14. The van der Waals surface area contributed by atoms with Gasteiger partial charge in [-0.15, -0.1) is 6.58 Å². The first-order valence-corrected chi connectivity index (χ1v) is 9.88. The van der Waals surface area contributed by atoms with E-state index in [0.717, 1.165) is 0 Å². The maximum atomic E-state index is 3.74. The quantitative estimate of drug-likeness (QED) is 0.278. The molecule has 0 aromatic rings. The van der Waals surface area contributed by atoms with Gasteiger partial charge in [-0.05, 0) is 12.8 Å². The molecule has 0 unspecified atom stereocenters. The van der Waals surface area contributed by atoms with Crippen LogP contribution in [0.3, 0.4) is 0 Å². The van der Waals surface area contributed by atoms with E-state index in [-0.39, 0.29) is 0 Å². The van der Waals surface area contributed by atoms with Crippen molar-refractivity contribution in [1.82, 2.24) is 0 Å². The Kier molecular flexibility index (Phi) is 8.25. The van der Waals surface area contributed by atoms with Gasteiger partial charge in [0.05, 0.1) is 0 Å². The molecule has 0 rings (SSSR count). The zero-order valence-corrected chi connectivity index (χ0v) is 11.4. The van der Waals surface area contributed by atoms with Crippen molar-refractivity contribution in [3.63, 3.8) is 0 Å². The molecule has 0 amide bonds. The van der Waals surface area contributed by atoms with Crippen LogP contribution in [0.15, 0.2) is 12.7 Å². The van der Waals surface area contributed by atoms with Crippen molar-refractivity contribution in [2.45, 2.75) is 70.6 Å². The Labute approximate surface area is 91.8 Å². The monoisotopic (exact) mass is 212 g/mol. The number of hydrogen-bond acceptors (Lipinski definition) is 0. The SMILES string of the molecule is C=CCCCCCCCC[Si](C)(C)C. The molecular weight excluding hydrogens is 184 g/mol. The number of rotatable bonds is 9. The summed E-state index contributed by atoms with van der Waals surface area (Å²) >= 11 is 0. The van der Waals surface area contributed by atoms with Gasteiger partial charge in [-0.3, -0.25) is 0 Å². The fourth-order valence-electron chi connectivity index (χ4n) is 1.65. The molecule has 1 heteroatoms. The minimum absolute atomic E-state index is 0.752. The van der Waals surface area contributed by atoms with Gasteiger partial charge in [0, 0.05) is 8.07 Å². The first-order valence-electron chi connectivity index (χ1n) is 6.17. The van der Waals surface area contributed by atoms with E-state index in [4.69, 9.17) is 0 Å². The van der Waals surface area contributed by atoms with Crippen LogP contribution in [0.1, 0.15) is 44.9 Å². The summed E-state index contributed by atoms with van der Waals surface area (Å²) < 4.78 is 0. The minimum Gasteiger partial charge on any atom is -0.103 e. The van der Waals surface area contributed by atoms with Crippen LogP contribution in [0.25, 0.3) is 0 Å². The Morgan fingerprint density at radius 3 is 1.86 bits per heavy atom. The van der Waals surface area contributed by atoms with Crippen LogP contribution in [-0.4, -0.2) is 8.07 Å². The molecule has 0 aromatic heterocycles. The molecule has 0 atom stereocenters. The smallest absolute Gasteiger partial charge is 0.0442 e. The Balaban J connectivity index is 3.03. The van der Waals surface area contributed by atoms with Gasteiger partial charge in [-0.1, -0.05) is 63.9 Å². The molecule has 0 aliphatic rings. The third-order valence-corrected chi connectivity index (χ3v) is 4.44. The standard InChI is InChI=1S/C13H28Si/c1-5-6-7-8-9-10-11-12-13-14(2,3)4/h5H,1,6-13H2,2-4H3. The lowest BCUT2D eigenvalue weighted by Crippen LogP contribution is -2.18. The first kappa shape index (κ1) is 14.0. The van der Waals surface area contributed by atoms with Gasteiger partial charge in [0.2, 0.25) is 0 Å². The van der Waals surface area contributed by atoms with Gasteiger partial charge in [0.15, 0.2) is 0 Å². The number of hydrogen-bond donors (Lipinski definition) is 0. The minimum atomic E-state index is -0.752. The maximum absolute atomic E-state index is 3.74. The van der Waals surface area contributed by atoms with Crippen molar-refractivity contribution in [2.75, 3.05) is 0 Å². The molecule has 0 aliphatic heterocycles. The number of allylic oxidation sites excluding steroid dienone is 1. The molecule has 0 spiro atoms. The number of unbranched alkanes of at least 4 members (excludes halogenated alkanes) is 6. The second-order valence-corrected chi connectivity index (χ2v) is 11.1. The van der Waals surface area contributed by atoms with E-state index in [1.807, 2.05) is 6.08 Å². The van der Waals surface area contributed by atoms with Gasteiger partial charge in [0.1, 0.15) is 0 Å². The van der Waals surface area contributed by atoms with Crippen LogP contribution in [0.4, 0.5) is 0 Å². The average molecular weight is 212 g/mol. The fourth-order valence-corrected chi connectivity index (χ4v) is 2.96. The van der Waals surface area contributed by atoms with Crippen LogP contribution in [-0.2, 0) is 0 Å². The predicted octanol–water partition coefficient (Wildman–Crippen LogP) is 5.24. The summed E-state index contributed by atoms with van der Waals surface area (Å²) in [6.45, 7) is 11.1. The molecule has 0 aliphatic carbocycles. The van der Waals surface area contributed by atoms with Crippen LogP contribution >= 0.6 is 0 Å². The predicted molar refractivity (Wildman–Crippen MR) is 70.7 cm³/mol. The van der Waals surface area contributed by atoms with Gasteiger partial charge < -0.3 is 0 Å². The van der Waals surface area contributed by atoms with E-state index in [1.54, 1.807) is 0 Å². The van der Waals surface area contributed by atoms with Gasteiger partial charge >= 0.3 is 0 Å². The summed E-state index contributed by atoms with van der Waals surface area (Å²) in [5.41, 5.74) is 0. The lowest BCUT2D eigenvalue weighted by molar-refractivity contribution is 0.609. The zero-order chi connectivity index (χ0) is 10.9. The maximum Gasteiger partial charge on any atom is 0.0442 e. The molecule has 0 nitrogen and oxygen atoms in total. The summed E-state index contributed by atoms with van der Waals surface area (Å²) in [6.07, 6.45) is 11.8. The summed E-state index contributed by atoms with van der Waals surface area (Å²) in [7, 11) is -0.752. The fraction of sp³-hybridized carbons (Fsp3) is 0.846. The van der Waals surface area contributed by atoms with Crippen LogP contribution in [0.5, 0.6) is 0 Å². The van der Waals surface area contributed by atoms with E-state index in [1.165, 1.54) is 51.0 Å². The summed E-state index contributed by atoms with van der Waals surface area (Å²) in [5.74, 6) is 0. The second-order valence-electron chi connectivity index (χ2n) is 5.51. The molecule has 0 radical (unpaired) electrons. The first-order chi connectivity index (χ1) is 6.56. The van der Waals surface area contributed by atoms with E-state index in [9.17, 15) is 0 Å². The zero-order valence-electron chi connectivity index (χ0n) is 10.4. The molecule has 0 aromatic carbocycles.